The maximum absolute atomic E-state index is 11.6. The lowest BCUT2D eigenvalue weighted by atomic mass is 9.89. The van der Waals surface area contributed by atoms with E-state index in [9.17, 15) is 4.79 Å². The number of carbonyl (C=O) groups is 1. The van der Waals surface area contributed by atoms with E-state index in [0.717, 1.165) is 13.0 Å². The zero-order valence-corrected chi connectivity index (χ0v) is 9.42. The Labute approximate surface area is 81.3 Å². The van der Waals surface area contributed by atoms with E-state index in [1.54, 1.807) is 0 Å². The fraction of sp³-hybridized carbons (Fsp3) is 0.909. The molecule has 0 aromatic rings. The van der Waals surface area contributed by atoms with Crippen LogP contribution in [0.1, 0.15) is 41.0 Å². The lowest BCUT2D eigenvalue weighted by molar-refractivity contribution is -0.131. The molecule has 1 fully saturated rings. The summed E-state index contributed by atoms with van der Waals surface area (Å²) in [5, 5.41) is 0. The molecular formula is C11H21NO. The smallest absolute Gasteiger partial charge is 0.150 e. The van der Waals surface area contributed by atoms with Gasteiger partial charge in [0.1, 0.15) is 5.78 Å². The van der Waals surface area contributed by atoms with Crippen LogP contribution in [0.4, 0.5) is 0 Å². The van der Waals surface area contributed by atoms with Gasteiger partial charge < -0.3 is 0 Å². The first-order valence-corrected chi connectivity index (χ1v) is 5.12. The van der Waals surface area contributed by atoms with Crippen LogP contribution in [0.15, 0.2) is 0 Å². The van der Waals surface area contributed by atoms with Gasteiger partial charge in [0.25, 0.3) is 0 Å². The Morgan fingerprint density at radius 1 is 1.31 bits per heavy atom. The molecule has 2 atom stereocenters. The van der Waals surface area contributed by atoms with Crippen LogP contribution in [-0.2, 0) is 4.79 Å². The first-order valence-electron chi connectivity index (χ1n) is 5.12. The van der Waals surface area contributed by atoms with Gasteiger partial charge in [-0.15, -0.1) is 0 Å². The van der Waals surface area contributed by atoms with Crippen molar-refractivity contribution in [2.24, 2.45) is 5.92 Å². The minimum absolute atomic E-state index is 0.108. The SMILES string of the molecule is CC1CC(=O)C(C)N(C(C)(C)C)C1. The third-order valence-electron chi connectivity index (χ3n) is 2.85. The molecule has 0 aliphatic carbocycles. The molecule has 1 aliphatic heterocycles. The van der Waals surface area contributed by atoms with Crippen LogP contribution in [0.2, 0.25) is 0 Å². The molecular weight excluding hydrogens is 162 g/mol. The Morgan fingerprint density at radius 2 is 1.85 bits per heavy atom. The summed E-state index contributed by atoms with van der Waals surface area (Å²) in [5.74, 6) is 0.914. The van der Waals surface area contributed by atoms with E-state index in [2.05, 4.69) is 32.6 Å². The first-order chi connectivity index (χ1) is 5.82. The van der Waals surface area contributed by atoms with Crippen molar-refractivity contribution in [3.05, 3.63) is 0 Å². The van der Waals surface area contributed by atoms with Crippen LogP contribution in [0.25, 0.3) is 0 Å². The molecule has 1 saturated heterocycles. The molecule has 0 spiro atoms. The molecule has 2 nitrogen and oxygen atoms in total. The number of hydrogen-bond acceptors (Lipinski definition) is 2. The lowest BCUT2D eigenvalue weighted by Gasteiger charge is -2.44. The van der Waals surface area contributed by atoms with Crippen molar-refractivity contribution in [3.8, 4) is 0 Å². The van der Waals surface area contributed by atoms with Crippen LogP contribution in [0, 0.1) is 5.92 Å². The van der Waals surface area contributed by atoms with Crippen molar-refractivity contribution in [1.29, 1.82) is 0 Å². The maximum atomic E-state index is 11.6. The Kier molecular flexibility index (Phi) is 2.81. The molecule has 0 radical (unpaired) electrons. The van der Waals surface area contributed by atoms with Gasteiger partial charge >= 0.3 is 0 Å². The second kappa shape index (κ2) is 3.41. The minimum atomic E-state index is 0.108. The molecule has 0 N–H and O–H groups in total. The third-order valence-corrected chi connectivity index (χ3v) is 2.85. The molecule has 0 saturated carbocycles. The molecule has 1 aliphatic rings. The Balaban J connectivity index is 2.78. The number of hydrogen-bond donors (Lipinski definition) is 0. The van der Waals surface area contributed by atoms with Crippen LogP contribution in [-0.4, -0.2) is 28.8 Å². The fourth-order valence-electron chi connectivity index (χ4n) is 2.10. The summed E-state index contributed by atoms with van der Waals surface area (Å²) in [7, 11) is 0. The average Bonchev–Trinajstić information content (AvgIpc) is 1.94. The maximum Gasteiger partial charge on any atom is 0.150 e. The summed E-state index contributed by atoms with van der Waals surface area (Å²) >= 11 is 0. The van der Waals surface area contributed by atoms with Gasteiger partial charge in [0, 0.05) is 18.5 Å². The van der Waals surface area contributed by atoms with Crippen molar-refractivity contribution in [2.45, 2.75) is 52.6 Å². The van der Waals surface area contributed by atoms with Gasteiger partial charge in [-0.2, -0.15) is 0 Å². The zero-order chi connectivity index (χ0) is 10.2. The molecule has 1 heterocycles. The molecule has 76 valence electrons. The number of nitrogens with zero attached hydrogens (tertiary/aromatic N) is 1. The number of carbonyl (C=O) groups excluding carboxylic acids is 1. The van der Waals surface area contributed by atoms with Crippen molar-refractivity contribution in [2.75, 3.05) is 6.54 Å². The van der Waals surface area contributed by atoms with E-state index in [-0.39, 0.29) is 11.6 Å². The van der Waals surface area contributed by atoms with E-state index in [4.69, 9.17) is 0 Å². The van der Waals surface area contributed by atoms with Gasteiger partial charge in [0.2, 0.25) is 0 Å². The van der Waals surface area contributed by atoms with Crippen LogP contribution in [0.5, 0.6) is 0 Å². The van der Waals surface area contributed by atoms with Crippen molar-refractivity contribution >= 4 is 5.78 Å². The summed E-state index contributed by atoms with van der Waals surface area (Å²) in [6.07, 6.45) is 0.758. The fourth-order valence-corrected chi connectivity index (χ4v) is 2.10. The quantitative estimate of drug-likeness (QED) is 0.573. The van der Waals surface area contributed by atoms with Gasteiger partial charge in [0.05, 0.1) is 6.04 Å². The number of Topliss-reactive ketones (excluding diaryl/α,β-unsaturated/α-hetero) is 1. The molecule has 2 heteroatoms. The monoisotopic (exact) mass is 183 g/mol. The molecule has 0 aromatic heterocycles. The zero-order valence-electron chi connectivity index (χ0n) is 9.42. The second-order valence-corrected chi connectivity index (χ2v) is 5.27. The van der Waals surface area contributed by atoms with Gasteiger partial charge in [-0.1, -0.05) is 6.92 Å². The largest absolute Gasteiger partial charge is 0.298 e. The lowest BCUT2D eigenvalue weighted by Crippen LogP contribution is -2.55. The van der Waals surface area contributed by atoms with E-state index >= 15 is 0 Å². The molecule has 1 rings (SSSR count). The van der Waals surface area contributed by atoms with Gasteiger partial charge in [-0.05, 0) is 33.6 Å². The standard InChI is InChI=1S/C11H21NO/c1-8-6-10(13)9(2)12(7-8)11(3,4)5/h8-9H,6-7H2,1-5H3. The van der Waals surface area contributed by atoms with Crippen LogP contribution in [0.3, 0.4) is 0 Å². The molecule has 13 heavy (non-hydrogen) atoms. The van der Waals surface area contributed by atoms with E-state index in [0.29, 0.717) is 11.7 Å². The highest BCUT2D eigenvalue weighted by Crippen LogP contribution is 2.25. The van der Waals surface area contributed by atoms with Crippen LogP contribution < -0.4 is 0 Å². The topological polar surface area (TPSA) is 20.3 Å². The third kappa shape index (κ3) is 2.31. The summed E-state index contributed by atoms with van der Waals surface area (Å²) in [5.41, 5.74) is 0.115. The molecule has 0 amide bonds. The first kappa shape index (κ1) is 10.7. The molecule has 2 unspecified atom stereocenters. The average molecular weight is 183 g/mol. The predicted octanol–water partition coefficient (Wildman–Crippen LogP) is 2.08. The van der Waals surface area contributed by atoms with E-state index in [1.807, 2.05) is 6.92 Å². The summed E-state index contributed by atoms with van der Waals surface area (Å²) < 4.78 is 0. The van der Waals surface area contributed by atoms with Crippen molar-refractivity contribution in [3.63, 3.8) is 0 Å². The Hall–Kier alpha value is -0.370. The van der Waals surface area contributed by atoms with Crippen molar-refractivity contribution < 1.29 is 4.79 Å². The summed E-state index contributed by atoms with van der Waals surface area (Å²) in [6, 6.07) is 0.108. The number of piperidine rings is 1. The van der Waals surface area contributed by atoms with Crippen LogP contribution >= 0.6 is 0 Å². The second-order valence-electron chi connectivity index (χ2n) is 5.27. The van der Waals surface area contributed by atoms with Crippen molar-refractivity contribution in [1.82, 2.24) is 4.90 Å². The van der Waals surface area contributed by atoms with Gasteiger partial charge in [-0.3, -0.25) is 9.69 Å². The Morgan fingerprint density at radius 3 is 2.31 bits per heavy atom. The minimum Gasteiger partial charge on any atom is -0.298 e. The van der Waals surface area contributed by atoms with E-state index < -0.39 is 0 Å². The number of likely N-dealkylation sites (tertiary alicyclic amines) is 1. The predicted molar refractivity (Wildman–Crippen MR) is 54.7 cm³/mol. The van der Waals surface area contributed by atoms with E-state index in [1.165, 1.54) is 0 Å². The highest BCUT2D eigenvalue weighted by molar-refractivity contribution is 5.84. The Bertz CT molecular complexity index is 205. The summed E-state index contributed by atoms with van der Waals surface area (Å²) in [4.78, 5) is 13.9. The molecule has 0 aromatic carbocycles. The van der Waals surface area contributed by atoms with Gasteiger partial charge in [-0.25, -0.2) is 0 Å². The highest BCUT2D eigenvalue weighted by Gasteiger charge is 2.35. The van der Waals surface area contributed by atoms with Gasteiger partial charge in [0.15, 0.2) is 0 Å². The number of ketones is 1. The normalized spacial score (nSPS) is 32.2. The summed E-state index contributed by atoms with van der Waals surface area (Å²) in [6.45, 7) is 11.8. The number of rotatable bonds is 0. The molecule has 0 bridgehead atoms. The highest BCUT2D eigenvalue weighted by atomic mass is 16.1.